The van der Waals surface area contributed by atoms with Crippen LogP contribution in [-0.4, -0.2) is 15.2 Å². The fraction of sp³-hybridized carbons (Fsp3) is 0.786. The Labute approximate surface area is 110 Å². The molecule has 0 radical (unpaired) electrons. The van der Waals surface area contributed by atoms with E-state index in [0.29, 0.717) is 0 Å². The minimum absolute atomic E-state index is 0.197. The van der Waals surface area contributed by atoms with Crippen molar-refractivity contribution in [2.75, 3.05) is 0 Å². The van der Waals surface area contributed by atoms with E-state index in [4.69, 9.17) is 11.6 Å². The first-order valence-corrected chi connectivity index (χ1v) is 6.94. The molecule has 0 amide bonds. The SMILES string of the molecule is CCc1cc(CCCC(Cl)C(C)(C)C)n(C)n1. The van der Waals surface area contributed by atoms with Crippen LogP contribution in [0.5, 0.6) is 0 Å². The summed E-state index contributed by atoms with van der Waals surface area (Å²) in [5.41, 5.74) is 2.70. The molecule has 0 saturated carbocycles. The van der Waals surface area contributed by atoms with Crippen molar-refractivity contribution in [3.63, 3.8) is 0 Å². The predicted molar refractivity (Wildman–Crippen MR) is 74.6 cm³/mol. The zero-order valence-corrected chi connectivity index (χ0v) is 12.5. The van der Waals surface area contributed by atoms with Gasteiger partial charge in [0.1, 0.15) is 0 Å². The number of alkyl halides is 1. The molecule has 0 bridgehead atoms. The number of rotatable bonds is 5. The maximum Gasteiger partial charge on any atom is 0.0624 e. The van der Waals surface area contributed by atoms with Gasteiger partial charge in [-0.15, -0.1) is 11.6 Å². The highest BCUT2D eigenvalue weighted by atomic mass is 35.5. The van der Waals surface area contributed by atoms with Gasteiger partial charge in [0, 0.05) is 18.1 Å². The molecule has 1 atom stereocenters. The zero-order valence-electron chi connectivity index (χ0n) is 11.8. The lowest BCUT2D eigenvalue weighted by Crippen LogP contribution is -2.20. The molecule has 98 valence electrons. The lowest BCUT2D eigenvalue weighted by molar-refractivity contribution is 0.368. The maximum atomic E-state index is 6.37. The molecule has 0 saturated heterocycles. The van der Waals surface area contributed by atoms with Crippen molar-refractivity contribution in [3.8, 4) is 0 Å². The normalized spacial score (nSPS) is 14.0. The van der Waals surface area contributed by atoms with Gasteiger partial charge in [0.25, 0.3) is 0 Å². The molecule has 1 aromatic rings. The van der Waals surface area contributed by atoms with E-state index in [2.05, 4.69) is 38.9 Å². The van der Waals surface area contributed by atoms with Gasteiger partial charge in [0.2, 0.25) is 0 Å². The second kappa shape index (κ2) is 5.90. The Morgan fingerprint density at radius 3 is 2.53 bits per heavy atom. The average Bonchev–Trinajstić information content (AvgIpc) is 2.58. The van der Waals surface area contributed by atoms with E-state index in [0.717, 1.165) is 25.7 Å². The number of aryl methyl sites for hydroxylation is 3. The molecule has 0 aromatic carbocycles. The molecule has 0 aliphatic rings. The molecule has 1 rings (SSSR count). The fourth-order valence-electron chi connectivity index (χ4n) is 1.87. The van der Waals surface area contributed by atoms with Crippen LogP contribution >= 0.6 is 11.6 Å². The van der Waals surface area contributed by atoms with Crippen molar-refractivity contribution < 1.29 is 0 Å². The van der Waals surface area contributed by atoms with E-state index in [1.165, 1.54) is 11.4 Å². The van der Waals surface area contributed by atoms with Crippen LogP contribution in [0, 0.1) is 5.41 Å². The third-order valence-electron chi connectivity index (χ3n) is 3.22. The third kappa shape index (κ3) is 4.34. The molecule has 17 heavy (non-hydrogen) atoms. The predicted octanol–water partition coefficient (Wildman–Crippen LogP) is 3.96. The Morgan fingerprint density at radius 2 is 2.06 bits per heavy atom. The first kappa shape index (κ1) is 14.6. The van der Waals surface area contributed by atoms with Gasteiger partial charge < -0.3 is 0 Å². The second-order valence-electron chi connectivity index (χ2n) is 5.83. The van der Waals surface area contributed by atoms with Crippen LogP contribution in [0.3, 0.4) is 0 Å². The van der Waals surface area contributed by atoms with Gasteiger partial charge in [-0.3, -0.25) is 4.68 Å². The van der Waals surface area contributed by atoms with Gasteiger partial charge in [0.05, 0.1) is 5.69 Å². The van der Waals surface area contributed by atoms with E-state index in [1.54, 1.807) is 0 Å². The quantitative estimate of drug-likeness (QED) is 0.730. The first-order valence-electron chi connectivity index (χ1n) is 6.50. The van der Waals surface area contributed by atoms with Crippen LogP contribution in [0.15, 0.2) is 6.07 Å². The lowest BCUT2D eigenvalue weighted by Gasteiger charge is -2.24. The third-order valence-corrected chi connectivity index (χ3v) is 4.09. The van der Waals surface area contributed by atoms with Crippen molar-refractivity contribution in [1.82, 2.24) is 9.78 Å². The van der Waals surface area contributed by atoms with E-state index >= 15 is 0 Å². The molecular formula is C14H25ClN2. The van der Waals surface area contributed by atoms with Gasteiger partial charge in [-0.05, 0) is 37.2 Å². The van der Waals surface area contributed by atoms with Gasteiger partial charge >= 0.3 is 0 Å². The largest absolute Gasteiger partial charge is 0.272 e. The zero-order chi connectivity index (χ0) is 13.1. The highest BCUT2D eigenvalue weighted by molar-refractivity contribution is 6.21. The Kier molecular flexibility index (Phi) is 5.05. The van der Waals surface area contributed by atoms with Crippen LogP contribution < -0.4 is 0 Å². The van der Waals surface area contributed by atoms with E-state index in [1.807, 2.05) is 11.7 Å². The molecule has 1 aromatic heterocycles. The Bertz CT molecular complexity index is 350. The lowest BCUT2D eigenvalue weighted by atomic mass is 9.88. The van der Waals surface area contributed by atoms with Crippen molar-refractivity contribution >= 4 is 11.6 Å². The van der Waals surface area contributed by atoms with Gasteiger partial charge in [-0.1, -0.05) is 27.7 Å². The van der Waals surface area contributed by atoms with Crippen molar-refractivity contribution in [1.29, 1.82) is 0 Å². The number of hydrogen-bond donors (Lipinski definition) is 0. The van der Waals surface area contributed by atoms with Crippen molar-refractivity contribution in [2.24, 2.45) is 12.5 Å². The monoisotopic (exact) mass is 256 g/mol. The Hall–Kier alpha value is -0.500. The highest BCUT2D eigenvalue weighted by Gasteiger charge is 2.21. The van der Waals surface area contributed by atoms with Crippen LogP contribution in [0.2, 0.25) is 0 Å². The van der Waals surface area contributed by atoms with Gasteiger partial charge in [0.15, 0.2) is 0 Å². The minimum atomic E-state index is 0.197. The van der Waals surface area contributed by atoms with Gasteiger partial charge in [-0.25, -0.2) is 0 Å². The molecule has 0 spiro atoms. The number of hydrogen-bond acceptors (Lipinski definition) is 1. The summed E-state index contributed by atoms with van der Waals surface area (Å²) in [5.74, 6) is 0. The summed E-state index contributed by atoms with van der Waals surface area (Å²) in [6, 6.07) is 2.21. The smallest absolute Gasteiger partial charge is 0.0624 e. The minimum Gasteiger partial charge on any atom is -0.272 e. The Balaban J connectivity index is 2.43. The summed E-state index contributed by atoms with van der Waals surface area (Å²) in [4.78, 5) is 0. The summed E-state index contributed by atoms with van der Waals surface area (Å²) in [6.07, 6.45) is 4.28. The molecule has 3 heteroatoms. The summed E-state index contributed by atoms with van der Waals surface area (Å²) < 4.78 is 2.00. The van der Waals surface area contributed by atoms with E-state index in [9.17, 15) is 0 Å². The molecule has 1 heterocycles. The number of halogens is 1. The van der Waals surface area contributed by atoms with Crippen LogP contribution in [0.4, 0.5) is 0 Å². The van der Waals surface area contributed by atoms with Gasteiger partial charge in [-0.2, -0.15) is 5.10 Å². The van der Waals surface area contributed by atoms with Crippen molar-refractivity contribution in [2.45, 2.75) is 58.8 Å². The topological polar surface area (TPSA) is 17.8 Å². The van der Waals surface area contributed by atoms with Crippen LogP contribution in [0.1, 0.15) is 51.9 Å². The highest BCUT2D eigenvalue weighted by Crippen LogP contribution is 2.28. The van der Waals surface area contributed by atoms with Crippen LogP contribution in [-0.2, 0) is 19.9 Å². The number of nitrogens with zero attached hydrogens (tertiary/aromatic N) is 2. The summed E-state index contributed by atoms with van der Waals surface area (Å²) in [6.45, 7) is 8.73. The molecular weight excluding hydrogens is 232 g/mol. The summed E-state index contributed by atoms with van der Waals surface area (Å²) in [5, 5.41) is 4.71. The second-order valence-corrected chi connectivity index (χ2v) is 6.36. The summed E-state index contributed by atoms with van der Waals surface area (Å²) >= 11 is 6.37. The molecule has 0 fully saturated rings. The molecule has 0 aliphatic carbocycles. The number of aromatic nitrogens is 2. The molecule has 0 N–H and O–H groups in total. The van der Waals surface area contributed by atoms with E-state index < -0.39 is 0 Å². The van der Waals surface area contributed by atoms with Crippen molar-refractivity contribution in [3.05, 3.63) is 17.5 Å². The molecule has 1 unspecified atom stereocenters. The van der Waals surface area contributed by atoms with Crippen LogP contribution in [0.25, 0.3) is 0 Å². The molecule has 2 nitrogen and oxygen atoms in total. The van der Waals surface area contributed by atoms with E-state index in [-0.39, 0.29) is 10.8 Å². The summed E-state index contributed by atoms with van der Waals surface area (Å²) in [7, 11) is 2.02. The first-order chi connectivity index (χ1) is 7.84. The maximum absolute atomic E-state index is 6.37. The average molecular weight is 257 g/mol. The Morgan fingerprint density at radius 1 is 1.41 bits per heavy atom. The standard InChI is InChI=1S/C14H25ClN2/c1-6-11-10-12(17(5)16-11)8-7-9-13(15)14(2,3)4/h10,13H,6-9H2,1-5H3. The fourth-order valence-corrected chi connectivity index (χ4v) is 2.03. The molecule has 0 aliphatic heterocycles.